The van der Waals surface area contributed by atoms with Crippen molar-refractivity contribution in [3.63, 3.8) is 0 Å². The van der Waals surface area contributed by atoms with Crippen LogP contribution >= 0.6 is 11.3 Å². The van der Waals surface area contributed by atoms with E-state index >= 15 is 0 Å². The first-order chi connectivity index (χ1) is 7.51. The lowest BCUT2D eigenvalue weighted by atomic mass is 9.94. The van der Waals surface area contributed by atoms with E-state index in [-0.39, 0.29) is 15.7 Å². The molecule has 0 saturated carbocycles. The van der Waals surface area contributed by atoms with Crippen molar-refractivity contribution in [3.8, 4) is 0 Å². The SMILES string of the molecule is CCC(CC)c1cc(C(=O)O)sc1C(=O)O. The third-order valence-corrected chi connectivity index (χ3v) is 3.72. The van der Waals surface area contributed by atoms with Crippen LogP contribution < -0.4 is 0 Å². The second kappa shape index (κ2) is 5.12. The third kappa shape index (κ3) is 2.41. The molecule has 1 rings (SSSR count). The molecule has 0 amide bonds. The molecule has 0 spiro atoms. The fraction of sp³-hybridized carbons (Fsp3) is 0.455. The van der Waals surface area contributed by atoms with Crippen molar-refractivity contribution in [3.05, 3.63) is 21.4 Å². The van der Waals surface area contributed by atoms with Crippen LogP contribution in [0, 0.1) is 0 Å². The van der Waals surface area contributed by atoms with Crippen LogP contribution in [0.5, 0.6) is 0 Å². The molecule has 0 aromatic carbocycles. The maximum Gasteiger partial charge on any atom is 0.346 e. The monoisotopic (exact) mass is 242 g/mol. The Morgan fingerprint density at radius 2 is 1.81 bits per heavy atom. The van der Waals surface area contributed by atoms with E-state index in [0.717, 1.165) is 24.2 Å². The van der Waals surface area contributed by atoms with Gasteiger partial charge in [-0.25, -0.2) is 9.59 Å². The molecule has 4 nitrogen and oxygen atoms in total. The molecule has 5 heteroatoms. The van der Waals surface area contributed by atoms with Crippen molar-refractivity contribution < 1.29 is 19.8 Å². The third-order valence-electron chi connectivity index (χ3n) is 2.59. The van der Waals surface area contributed by atoms with Crippen LogP contribution in [-0.4, -0.2) is 22.2 Å². The highest BCUT2D eigenvalue weighted by atomic mass is 32.1. The van der Waals surface area contributed by atoms with Crippen molar-refractivity contribution in [2.45, 2.75) is 32.6 Å². The molecule has 0 aliphatic heterocycles. The predicted octanol–water partition coefficient (Wildman–Crippen LogP) is 3.05. The number of carboxylic acids is 2. The molecule has 2 N–H and O–H groups in total. The molecule has 1 aromatic heterocycles. The Kier molecular flexibility index (Phi) is 4.06. The molecule has 16 heavy (non-hydrogen) atoms. The Hall–Kier alpha value is -1.36. The molecule has 1 heterocycles. The van der Waals surface area contributed by atoms with Gasteiger partial charge in [0, 0.05) is 0 Å². The number of hydrogen-bond donors (Lipinski definition) is 2. The molecule has 0 aliphatic carbocycles. The van der Waals surface area contributed by atoms with Gasteiger partial charge in [-0.15, -0.1) is 11.3 Å². The van der Waals surface area contributed by atoms with Crippen molar-refractivity contribution in [2.75, 3.05) is 0 Å². The van der Waals surface area contributed by atoms with Gasteiger partial charge in [0.2, 0.25) is 0 Å². The maximum atomic E-state index is 11.0. The topological polar surface area (TPSA) is 74.6 Å². The van der Waals surface area contributed by atoms with Gasteiger partial charge in [0.15, 0.2) is 0 Å². The zero-order valence-electron chi connectivity index (χ0n) is 9.19. The number of aromatic carboxylic acids is 2. The van der Waals surface area contributed by atoms with Gasteiger partial charge < -0.3 is 10.2 Å². The average Bonchev–Trinajstić information content (AvgIpc) is 2.64. The summed E-state index contributed by atoms with van der Waals surface area (Å²) < 4.78 is 0. The first-order valence-corrected chi connectivity index (χ1v) is 5.93. The summed E-state index contributed by atoms with van der Waals surface area (Å²) in [6.07, 6.45) is 1.62. The van der Waals surface area contributed by atoms with E-state index < -0.39 is 11.9 Å². The highest BCUT2D eigenvalue weighted by Crippen LogP contribution is 2.32. The lowest BCUT2D eigenvalue weighted by molar-refractivity contribution is 0.0692. The minimum atomic E-state index is -1.07. The molecular weight excluding hydrogens is 228 g/mol. The second-order valence-corrected chi connectivity index (χ2v) is 4.57. The lowest BCUT2D eigenvalue weighted by Crippen LogP contribution is -2.02. The summed E-state index contributed by atoms with van der Waals surface area (Å²) in [5, 5.41) is 17.9. The molecule has 0 fully saturated rings. The molecule has 1 aromatic rings. The zero-order valence-corrected chi connectivity index (χ0v) is 10.0. The molecule has 0 saturated heterocycles. The molecule has 0 atom stereocenters. The number of carboxylic acid groups (broad SMARTS) is 2. The first kappa shape index (κ1) is 12.7. The van der Waals surface area contributed by atoms with Gasteiger partial charge in [0.25, 0.3) is 0 Å². The van der Waals surface area contributed by atoms with E-state index in [1.807, 2.05) is 13.8 Å². The van der Waals surface area contributed by atoms with E-state index in [9.17, 15) is 9.59 Å². The first-order valence-electron chi connectivity index (χ1n) is 5.11. The van der Waals surface area contributed by atoms with Crippen LogP contribution in [0.25, 0.3) is 0 Å². The largest absolute Gasteiger partial charge is 0.477 e. The van der Waals surface area contributed by atoms with E-state index in [1.165, 1.54) is 6.07 Å². The van der Waals surface area contributed by atoms with Gasteiger partial charge in [-0.05, 0) is 30.4 Å². The Labute approximate surface area is 97.5 Å². The van der Waals surface area contributed by atoms with Crippen molar-refractivity contribution in [1.29, 1.82) is 0 Å². The number of thiophene rings is 1. The van der Waals surface area contributed by atoms with Gasteiger partial charge in [0.05, 0.1) is 0 Å². The summed E-state index contributed by atoms with van der Waals surface area (Å²) in [5.74, 6) is -1.99. The highest BCUT2D eigenvalue weighted by molar-refractivity contribution is 7.16. The quantitative estimate of drug-likeness (QED) is 0.832. The normalized spacial score (nSPS) is 10.7. The van der Waals surface area contributed by atoms with E-state index in [0.29, 0.717) is 5.56 Å². The summed E-state index contributed by atoms with van der Waals surface area (Å²) in [6.45, 7) is 3.94. The maximum absolute atomic E-state index is 11.0. The molecule has 0 radical (unpaired) electrons. The minimum Gasteiger partial charge on any atom is -0.477 e. The summed E-state index contributed by atoms with van der Waals surface area (Å²) in [7, 11) is 0. The Morgan fingerprint density at radius 3 is 2.19 bits per heavy atom. The molecule has 88 valence electrons. The summed E-state index contributed by atoms with van der Waals surface area (Å²) >= 11 is 0.836. The van der Waals surface area contributed by atoms with Crippen LogP contribution in [0.2, 0.25) is 0 Å². The predicted molar refractivity (Wildman–Crippen MR) is 61.6 cm³/mol. The van der Waals surface area contributed by atoms with Crippen molar-refractivity contribution in [1.82, 2.24) is 0 Å². The van der Waals surface area contributed by atoms with Gasteiger partial charge in [0.1, 0.15) is 9.75 Å². The highest BCUT2D eigenvalue weighted by Gasteiger charge is 2.22. The van der Waals surface area contributed by atoms with E-state index in [2.05, 4.69) is 0 Å². The summed E-state index contributed by atoms with van der Waals surface area (Å²) in [5.41, 5.74) is 0.653. The molecule has 0 bridgehead atoms. The fourth-order valence-corrected chi connectivity index (χ4v) is 2.63. The van der Waals surface area contributed by atoms with Gasteiger partial charge in [-0.1, -0.05) is 13.8 Å². The van der Waals surface area contributed by atoms with Gasteiger partial charge in [-0.3, -0.25) is 0 Å². The Morgan fingerprint density at radius 1 is 1.25 bits per heavy atom. The van der Waals surface area contributed by atoms with E-state index in [4.69, 9.17) is 10.2 Å². The lowest BCUT2D eigenvalue weighted by Gasteiger charge is -2.11. The van der Waals surface area contributed by atoms with Gasteiger partial charge in [-0.2, -0.15) is 0 Å². The second-order valence-electron chi connectivity index (χ2n) is 3.52. The summed E-state index contributed by atoms with van der Waals surface area (Å²) in [6, 6.07) is 1.49. The average molecular weight is 242 g/mol. The Balaban J connectivity index is 3.24. The number of rotatable bonds is 5. The van der Waals surface area contributed by atoms with Crippen molar-refractivity contribution in [2.24, 2.45) is 0 Å². The van der Waals surface area contributed by atoms with E-state index in [1.54, 1.807) is 0 Å². The van der Waals surface area contributed by atoms with Crippen LogP contribution in [0.3, 0.4) is 0 Å². The van der Waals surface area contributed by atoms with Crippen LogP contribution in [0.4, 0.5) is 0 Å². The number of carbonyl (C=O) groups is 2. The van der Waals surface area contributed by atoms with Crippen LogP contribution in [-0.2, 0) is 0 Å². The summed E-state index contributed by atoms with van der Waals surface area (Å²) in [4.78, 5) is 22.1. The number of hydrogen-bond acceptors (Lipinski definition) is 3. The molecule has 0 aliphatic rings. The smallest absolute Gasteiger partial charge is 0.346 e. The minimum absolute atomic E-state index is 0.0966. The Bertz CT molecular complexity index is 404. The fourth-order valence-electron chi connectivity index (χ4n) is 1.71. The molecule has 0 unspecified atom stereocenters. The zero-order chi connectivity index (χ0) is 12.3. The van der Waals surface area contributed by atoms with Crippen molar-refractivity contribution >= 4 is 23.3 Å². The van der Waals surface area contributed by atoms with Gasteiger partial charge >= 0.3 is 11.9 Å². The standard InChI is InChI=1S/C11H14O4S/c1-3-6(4-2)7-5-8(10(12)13)16-9(7)11(14)15/h5-6H,3-4H2,1-2H3,(H,12,13)(H,14,15). The van der Waals surface area contributed by atoms with Crippen LogP contribution in [0.1, 0.15) is 57.5 Å². The van der Waals surface area contributed by atoms with Crippen LogP contribution in [0.15, 0.2) is 6.07 Å². The molecular formula is C11H14O4S.